The minimum absolute atomic E-state index is 0. The summed E-state index contributed by atoms with van der Waals surface area (Å²) in [6.45, 7) is 2.00. The van der Waals surface area contributed by atoms with Crippen molar-refractivity contribution in [3.63, 3.8) is 0 Å². The van der Waals surface area contributed by atoms with Crippen LogP contribution in [0.1, 0.15) is 5.56 Å². The van der Waals surface area contributed by atoms with Gasteiger partial charge < -0.3 is 15.7 Å². The molecular formula is C12H17ClF2N2O. The third-order valence-electron chi connectivity index (χ3n) is 3.07. The number of hydrogen-bond acceptors (Lipinski definition) is 3. The number of hydrogen-bond donors (Lipinski definition) is 3. The third-order valence-corrected chi connectivity index (χ3v) is 3.07. The monoisotopic (exact) mass is 278 g/mol. The van der Waals surface area contributed by atoms with E-state index in [9.17, 15) is 13.9 Å². The zero-order chi connectivity index (χ0) is 12.3. The minimum Gasteiger partial charge on any atom is -0.391 e. The van der Waals surface area contributed by atoms with Crippen molar-refractivity contribution in [2.24, 2.45) is 5.92 Å². The summed E-state index contributed by atoms with van der Waals surface area (Å²) >= 11 is 0. The van der Waals surface area contributed by atoms with Gasteiger partial charge in [-0.15, -0.1) is 12.4 Å². The van der Waals surface area contributed by atoms with Gasteiger partial charge in [0, 0.05) is 37.7 Å². The lowest BCUT2D eigenvalue weighted by molar-refractivity contribution is 0.146. The molecule has 0 bridgehead atoms. The van der Waals surface area contributed by atoms with Gasteiger partial charge in [0.1, 0.15) is 11.6 Å². The van der Waals surface area contributed by atoms with Gasteiger partial charge in [-0.25, -0.2) is 8.78 Å². The molecule has 1 aliphatic rings. The molecule has 102 valence electrons. The van der Waals surface area contributed by atoms with Gasteiger partial charge in [0.25, 0.3) is 0 Å². The largest absolute Gasteiger partial charge is 0.391 e. The van der Waals surface area contributed by atoms with Crippen LogP contribution in [0.5, 0.6) is 0 Å². The van der Waals surface area contributed by atoms with Gasteiger partial charge >= 0.3 is 0 Å². The Bertz CT molecular complexity index is 372. The average molecular weight is 279 g/mol. The summed E-state index contributed by atoms with van der Waals surface area (Å²) in [5.74, 6) is -0.977. The Balaban J connectivity index is 0.00000162. The first-order valence-corrected chi connectivity index (χ1v) is 5.71. The molecule has 0 radical (unpaired) electrons. The number of β-amino-alcohol motifs (C(OH)–C–C–N with tert-alkyl or cyclic N) is 1. The highest BCUT2D eigenvalue weighted by molar-refractivity contribution is 5.85. The first kappa shape index (κ1) is 15.3. The highest BCUT2D eigenvalue weighted by Gasteiger charge is 2.24. The number of benzene rings is 1. The second kappa shape index (κ2) is 6.99. The fourth-order valence-electron chi connectivity index (χ4n) is 2.01. The summed E-state index contributed by atoms with van der Waals surface area (Å²) in [7, 11) is 0. The van der Waals surface area contributed by atoms with Crippen LogP contribution in [0.2, 0.25) is 0 Å². The second-order valence-corrected chi connectivity index (χ2v) is 4.32. The highest BCUT2D eigenvalue weighted by atomic mass is 35.5. The van der Waals surface area contributed by atoms with Gasteiger partial charge in [-0.2, -0.15) is 0 Å². The Labute approximate surface area is 111 Å². The zero-order valence-corrected chi connectivity index (χ0v) is 10.6. The molecule has 18 heavy (non-hydrogen) atoms. The topological polar surface area (TPSA) is 44.3 Å². The summed E-state index contributed by atoms with van der Waals surface area (Å²) in [5, 5.41) is 15.6. The van der Waals surface area contributed by atoms with E-state index < -0.39 is 11.6 Å². The van der Waals surface area contributed by atoms with Gasteiger partial charge in [-0.3, -0.25) is 0 Å². The SMILES string of the molecule is Cl.OC1CNCC1CNCc1c(F)cccc1F. The Morgan fingerprint density at radius 3 is 2.50 bits per heavy atom. The van der Waals surface area contributed by atoms with Crippen LogP contribution in [0.3, 0.4) is 0 Å². The number of rotatable bonds is 4. The molecule has 6 heteroatoms. The fourth-order valence-corrected chi connectivity index (χ4v) is 2.01. The summed E-state index contributed by atoms with van der Waals surface area (Å²) in [6.07, 6.45) is -0.382. The smallest absolute Gasteiger partial charge is 0.130 e. The molecule has 3 N–H and O–H groups in total. The number of aliphatic hydroxyl groups is 1. The lowest BCUT2D eigenvalue weighted by Gasteiger charge is -2.14. The predicted molar refractivity (Wildman–Crippen MR) is 67.7 cm³/mol. The van der Waals surface area contributed by atoms with Crippen molar-refractivity contribution >= 4 is 12.4 Å². The first-order chi connectivity index (χ1) is 8.18. The maximum Gasteiger partial charge on any atom is 0.130 e. The lowest BCUT2D eigenvalue weighted by Crippen LogP contribution is -2.30. The summed E-state index contributed by atoms with van der Waals surface area (Å²) in [4.78, 5) is 0. The van der Waals surface area contributed by atoms with E-state index in [0.717, 1.165) is 6.54 Å². The molecule has 0 saturated carbocycles. The quantitative estimate of drug-likeness (QED) is 0.772. The Hall–Kier alpha value is -0.750. The summed E-state index contributed by atoms with van der Waals surface area (Å²) < 4.78 is 26.6. The van der Waals surface area contributed by atoms with E-state index in [4.69, 9.17) is 0 Å². The van der Waals surface area contributed by atoms with Crippen molar-refractivity contribution in [1.82, 2.24) is 10.6 Å². The van der Waals surface area contributed by atoms with Gasteiger partial charge in [-0.1, -0.05) is 6.07 Å². The second-order valence-electron chi connectivity index (χ2n) is 4.32. The standard InChI is InChI=1S/C12H16F2N2O.ClH/c13-10-2-1-3-11(14)9(10)6-15-4-8-5-16-7-12(8)17;/h1-3,8,12,15-17H,4-7H2;1H. The van der Waals surface area contributed by atoms with E-state index >= 15 is 0 Å². The number of aliphatic hydroxyl groups excluding tert-OH is 1. The van der Waals surface area contributed by atoms with Crippen LogP contribution in [0.15, 0.2) is 18.2 Å². The molecule has 1 fully saturated rings. The van der Waals surface area contributed by atoms with Gasteiger partial charge in [0.2, 0.25) is 0 Å². The van der Waals surface area contributed by atoms with Crippen LogP contribution in [0, 0.1) is 17.6 Å². The van der Waals surface area contributed by atoms with Crippen LogP contribution in [-0.2, 0) is 6.54 Å². The van der Waals surface area contributed by atoms with Crippen molar-refractivity contribution in [3.8, 4) is 0 Å². The summed E-state index contributed by atoms with van der Waals surface area (Å²) in [5.41, 5.74) is 0.0490. The Morgan fingerprint density at radius 1 is 1.28 bits per heavy atom. The van der Waals surface area contributed by atoms with Crippen LogP contribution < -0.4 is 10.6 Å². The van der Waals surface area contributed by atoms with E-state index in [1.807, 2.05) is 0 Å². The van der Waals surface area contributed by atoms with E-state index in [0.29, 0.717) is 13.1 Å². The lowest BCUT2D eigenvalue weighted by atomic mass is 10.1. The van der Waals surface area contributed by atoms with Gasteiger partial charge in [0.15, 0.2) is 0 Å². The van der Waals surface area contributed by atoms with Crippen LogP contribution in [0.25, 0.3) is 0 Å². The molecule has 2 rings (SSSR count). The van der Waals surface area contributed by atoms with Crippen LogP contribution in [-0.4, -0.2) is 30.8 Å². The van der Waals surface area contributed by atoms with E-state index in [2.05, 4.69) is 10.6 Å². The molecule has 3 nitrogen and oxygen atoms in total. The fraction of sp³-hybridized carbons (Fsp3) is 0.500. The molecule has 0 spiro atoms. The van der Waals surface area contributed by atoms with Crippen LogP contribution >= 0.6 is 12.4 Å². The Morgan fingerprint density at radius 2 is 1.94 bits per heavy atom. The number of halogens is 3. The Kier molecular flexibility index (Phi) is 5.95. The molecule has 0 amide bonds. The average Bonchev–Trinajstić information content (AvgIpc) is 2.69. The normalized spacial score (nSPS) is 22.8. The maximum atomic E-state index is 13.3. The minimum atomic E-state index is -0.539. The van der Waals surface area contributed by atoms with Crippen molar-refractivity contribution in [1.29, 1.82) is 0 Å². The van der Waals surface area contributed by atoms with E-state index in [1.165, 1.54) is 18.2 Å². The molecule has 1 saturated heterocycles. The molecule has 0 aromatic heterocycles. The molecule has 1 aromatic rings. The molecule has 1 aromatic carbocycles. The predicted octanol–water partition coefficient (Wildman–Crippen LogP) is 1.06. The van der Waals surface area contributed by atoms with Gasteiger partial charge in [-0.05, 0) is 12.1 Å². The molecule has 2 unspecified atom stereocenters. The van der Waals surface area contributed by atoms with Crippen molar-refractivity contribution in [3.05, 3.63) is 35.4 Å². The van der Waals surface area contributed by atoms with Crippen molar-refractivity contribution in [2.45, 2.75) is 12.6 Å². The molecule has 2 atom stereocenters. The first-order valence-electron chi connectivity index (χ1n) is 5.71. The molecule has 1 aliphatic heterocycles. The number of nitrogens with one attached hydrogen (secondary N) is 2. The third kappa shape index (κ3) is 3.62. The molecule has 0 aliphatic carbocycles. The van der Waals surface area contributed by atoms with E-state index in [-0.39, 0.29) is 36.5 Å². The molecule has 1 heterocycles. The maximum absolute atomic E-state index is 13.3. The van der Waals surface area contributed by atoms with E-state index in [1.54, 1.807) is 0 Å². The highest BCUT2D eigenvalue weighted by Crippen LogP contribution is 2.12. The summed E-state index contributed by atoms with van der Waals surface area (Å²) in [6, 6.07) is 3.83. The van der Waals surface area contributed by atoms with Crippen molar-refractivity contribution in [2.75, 3.05) is 19.6 Å². The van der Waals surface area contributed by atoms with Crippen LogP contribution in [0.4, 0.5) is 8.78 Å². The van der Waals surface area contributed by atoms with Crippen molar-refractivity contribution < 1.29 is 13.9 Å². The molecular weight excluding hydrogens is 262 g/mol. The van der Waals surface area contributed by atoms with Gasteiger partial charge in [0.05, 0.1) is 6.10 Å². The zero-order valence-electron chi connectivity index (χ0n) is 9.83.